The summed E-state index contributed by atoms with van der Waals surface area (Å²) in [6, 6.07) is 14.5. The molecule has 1 atom stereocenters. The molecule has 0 amide bonds. The number of aliphatic hydroxyl groups excluding tert-OH is 1. The van der Waals surface area contributed by atoms with Gasteiger partial charge in [-0.1, -0.05) is 35.9 Å². The highest BCUT2D eigenvalue weighted by Crippen LogP contribution is 2.34. The van der Waals surface area contributed by atoms with Gasteiger partial charge in [0.25, 0.3) is 0 Å². The molecule has 2 heteroatoms. The minimum atomic E-state index is -0.414. The Morgan fingerprint density at radius 1 is 1.05 bits per heavy atom. The zero-order chi connectivity index (χ0) is 13.2. The summed E-state index contributed by atoms with van der Waals surface area (Å²) in [6.07, 6.45) is 1.25. The number of aliphatic hydroxyl groups is 1. The monoisotopic (exact) mass is 254 g/mol. The van der Waals surface area contributed by atoms with Crippen molar-refractivity contribution in [2.45, 2.75) is 25.9 Å². The van der Waals surface area contributed by atoms with Gasteiger partial charge in [-0.3, -0.25) is 0 Å². The number of aryl methyl sites for hydroxylation is 1. The maximum absolute atomic E-state index is 10.2. The maximum Gasteiger partial charge on any atom is 0.125 e. The minimum absolute atomic E-state index is 0.414. The van der Waals surface area contributed by atoms with Gasteiger partial charge in [-0.15, -0.1) is 0 Å². The zero-order valence-corrected chi connectivity index (χ0v) is 11.1. The van der Waals surface area contributed by atoms with E-state index in [1.807, 2.05) is 6.07 Å². The van der Waals surface area contributed by atoms with Gasteiger partial charge in [0.15, 0.2) is 0 Å². The van der Waals surface area contributed by atoms with Crippen molar-refractivity contribution in [3.8, 4) is 16.9 Å². The molecule has 0 spiro atoms. The van der Waals surface area contributed by atoms with Crippen LogP contribution in [0.15, 0.2) is 42.5 Å². The number of ether oxygens (including phenoxy) is 1. The Balaban J connectivity index is 2.02. The second-order valence-electron chi connectivity index (χ2n) is 5.13. The summed E-state index contributed by atoms with van der Waals surface area (Å²) in [5, 5.41) is 10.2. The Labute approximate surface area is 113 Å². The summed E-state index contributed by atoms with van der Waals surface area (Å²) >= 11 is 0. The summed E-state index contributed by atoms with van der Waals surface area (Å²) in [5.74, 6) is 0.820. The number of hydrogen-bond acceptors (Lipinski definition) is 2. The fraction of sp³-hybridized carbons (Fsp3) is 0.294. The van der Waals surface area contributed by atoms with Crippen LogP contribution in [0.3, 0.4) is 0 Å². The summed E-state index contributed by atoms with van der Waals surface area (Å²) in [5.41, 5.74) is 4.46. The Morgan fingerprint density at radius 3 is 2.58 bits per heavy atom. The summed E-state index contributed by atoms with van der Waals surface area (Å²) in [7, 11) is 0. The molecule has 1 N–H and O–H groups in total. The summed E-state index contributed by atoms with van der Waals surface area (Å²) in [6.45, 7) is 2.77. The predicted molar refractivity (Wildman–Crippen MR) is 76.3 cm³/mol. The van der Waals surface area contributed by atoms with Crippen LogP contribution in [0, 0.1) is 6.92 Å². The highest BCUT2D eigenvalue weighted by atomic mass is 16.5. The number of fused-ring (bicyclic) bond motifs is 1. The third kappa shape index (κ3) is 2.49. The predicted octanol–water partition coefficient (Wildman–Crippen LogP) is 3.87. The summed E-state index contributed by atoms with van der Waals surface area (Å²) < 4.78 is 5.67. The molecule has 0 fully saturated rings. The van der Waals surface area contributed by atoms with Gasteiger partial charge in [0.05, 0.1) is 12.7 Å². The van der Waals surface area contributed by atoms with E-state index in [0.29, 0.717) is 6.61 Å². The molecule has 0 aliphatic carbocycles. The van der Waals surface area contributed by atoms with E-state index < -0.39 is 6.10 Å². The van der Waals surface area contributed by atoms with Crippen molar-refractivity contribution >= 4 is 0 Å². The molecular formula is C17H18O2. The van der Waals surface area contributed by atoms with Crippen LogP contribution in [0.1, 0.15) is 30.1 Å². The molecule has 0 saturated carbocycles. The highest BCUT2D eigenvalue weighted by Gasteiger charge is 2.18. The van der Waals surface area contributed by atoms with Crippen molar-refractivity contribution in [2.24, 2.45) is 0 Å². The second kappa shape index (κ2) is 5.06. The van der Waals surface area contributed by atoms with Gasteiger partial charge in [0.2, 0.25) is 0 Å². The Morgan fingerprint density at radius 2 is 1.79 bits per heavy atom. The molecule has 1 unspecified atom stereocenters. The average molecular weight is 254 g/mol. The number of benzene rings is 2. The standard InChI is InChI=1S/C17H18O2/c1-12-4-6-13(7-5-12)14-8-9-17-15(11-14)16(18)3-2-10-19-17/h4-9,11,16,18H,2-3,10H2,1H3. The zero-order valence-electron chi connectivity index (χ0n) is 11.1. The van der Waals surface area contributed by atoms with E-state index >= 15 is 0 Å². The van der Waals surface area contributed by atoms with Crippen LogP contribution in [0.4, 0.5) is 0 Å². The summed E-state index contributed by atoms with van der Waals surface area (Å²) in [4.78, 5) is 0. The van der Waals surface area contributed by atoms with Crippen LogP contribution in [0.2, 0.25) is 0 Å². The number of rotatable bonds is 1. The number of hydrogen-bond donors (Lipinski definition) is 1. The van der Waals surface area contributed by atoms with Crippen molar-refractivity contribution in [3.63, 3.8) is 0 Å². The Kier molecular flexibility index (Phi) is 3.26. The fourth-order valence-corrected chi connectivity index (χ4v) is 2.48. The van der Waals surface area contributed by atoms with Crippen LogP contribution in [-0.4, -0.2) is 11.7 Å². The van der Waals surface area contributed by atoms with Crippen molar-refractivity contribution < 1.29 is 9.84 Å². The molecule has 2 aromatic carbocycles. The fourth-order valence-electron chi connectivity index (χ4n) is 2.48. The smallest absolute Gasteiger partial charge is 0.125 e. The first kappa shape index (κ1) is 12.2. The van der Waals surface area contributed by atoms with Gasteiger partial charge in [-0.25, -0.2) is 0 Å². The molecule has 98 valence electrons. The molecule has 2 aromatic rings. The van der Waals surface area contributed by atoms with Gasteiger partial charge in [0, 0.05) is 5.56 Å². The molecule has 1 heterocycles. The van der Waals surface area contributed by atoms with Crippen LogP contribution in [-0.2, 0) is 0 Å². The molecule has 3 rings (SSSR count). The molecule has 0 bridgehead atoms. The molecular weight excluding hydrogens is 236 g/mol. The third-order valence-corrected chi connectivity index (χ3v) is 3.63. The lowest BCUT2D eigenvalue weighted by molar-refractivity contribution is 0.167. The minimum Gasteiger partial charge on any atom is -0.493 e. The molecule has 0 aromatic heterocycles. The van der Waals surface area contributed by atoms with E-state index in [0.717, 1.165) is 29.7 Å². The van der Waals surface area contributed by atoms with Crippen LogP contribution < -0.4 is 4.74 Å². The van der Waals surface area contributed by atoms with Crippen LogP contribution >= 0.6 is 0 Å². The van der Waals surface area contributed by atoms with Crippen molar-refractivity contribution in [1.82, 2.24) is 0 Å². The normalized spacial score (nSPS) is 18.3. The largest absolute Gasteiger partial charge is 0.493 e. The highest BCUT2D eigenvalue weighted by molar-refractivity contribution is 5.66. The third-order valence-electron chi connectivity index (χ3n) is 3.63. The first-order chi connectivity index (χ1) is 9.24. The van der Waals surface area contributed by atoms with E-state index in [4.69, 9.17) is 4.74 Å². The van der Waals surface area contributed by atoms with E-state index in [1.54, 1.807) is 0 Å². The van der Waals surface area contributed by atoms with Gasteiger partial charge in [0.1, 0.15) is 5.75 Å². The van der Waals surface area contributed by atoms with Crippen molar-refractivity contribution in [1.29, 1.82) is 0 Å². The van der Waals surface area contributed by atoms with Crippen LogP contribution in [0.5, 0.6) is 5.75 Å². The topological polar surface area (TPSA) is 29.5 Å². The molecule has 1 aliphatic rings. The first-order valence-corrected chi connectivity index (χ1v) is 6.76. The molecule has 0 saturated heterocycles. The lowest BCUT2D eigenvalue weighted by atomic mass is 9.98. The Bertz CT molecular complexity index is 572. The SMILES string of the molecule is Cc1ccc(-c2ccc3c(c2)C(O)CCCO3)cc1. The van der Waals surface area contributed by atoms with E-state index in [-0.39, 0.29) is 0 Å². The van der Waals surface area contributed by atoms with E-state index in [2.05, 4.69) is 43.3 Å². The van der Waals surface area contributed by atoms with Crippen LogP contribution in [0.25, 0.3) is 11.1 Å². The molecule has 0 radical (unpaired) electrons. The van der Waals surface area contributed by atoms with Gasteiger partial charge in [-0.2, -0.15) is 0 Å². The van der Waals surface area contributed by atoms with E-state index in [9.17, 15) is 5.11 Å². The van der Waals surface area contributed by atoms with E-state index in [1.165, 1.54) is 11.1 Å². The van der Waals surface area contributed by atoms with Gasteiger partial charge < -0.3 is 9.84 Å². The maximum atomic E-state index is 10.2. The quantitative estimate of drug-likeness (QED) is 0.837. The van der Waals surface area contributed by atoms with Gasteiger partial charge >= 0.3 is 0 Å². The Hall–Kier alpha value is -1.80. The lowest BCUT2D eigenvalue weighted by Crippen LogP contribution is -1.97. The first-order valence-electron chi connectivity index (χ1n) is 6.76. The van der Waals surface area contributed by atoms with Crippen molar-refractivity contribution in [2.75, 3.05) is 6.61 Å². The second-order valence-corrected chi connectivity index (χ2v) is 5.13. The molecule has 19 heavy (non-hydrogen) atoms. The lowest BCUT2D eigenvalue weighted by Gasteiger charge is -2.13. The molecule has 1 aliphatic heterocycles. The van der Waals surface area contributed by atoms with Gasteiger partial charge in [-0.05, 0) is 43.0 Å². The molecule has 2 nitrogen and oxygen atoms in total. The average Bonchev–Trinajstić information content (AvgIpc) is 2.62. The van der Waals surface area contributed by atoms with Crippen molar-refractivity contribution in [3.05, 3.63) is 53.6 Å².